The molecule has 0 amide bonds. The van der Waals surface area contributed by atoms with Crippen LogP contribution in [0.5, 0.6) is 5.75 Å². The molecule has 0 bridgehead atoms. The van der Waals surface area contributed by atoms with Crippen LogP contribution < -0.4 is 15.9 Å². The highest BCUT2D eigenvalue weighted by Gasteiger charge is 2.52. The number of fused-ring (bicyclic) bond motifs is 1. The van der Waals surface area contributed by atoms with Gasteiger partial charge in [0.05, 0.1) is 29.2 Å². The van der Waals surface area contributed by atoms with Crippen LogP contribution >= 0.6 is 0 Å². The molecular weight excluding hydrogens is 281 g/mol. The molecule has 2 aromatic rings. The van der Waals surface area contributed by atoms with Crippen molar-refractivity contribution < 1.29 is 14.0 Å². The summed E-state index contributed by atoms with van der Waals surface area (Å²) < 4.78 is 19.5. The van der Waals surface area contributed by atoms with Crippen molar-refractivity contribution in [3.05, 3.63) is 12.1 Å². The molecule has 2 heterocycles. The van der Waals surface area contributed by atoms with E-state index in [9.17, 15) is 0 Å². The maximum atomic E-state index is 6.15. The second kappa shape index (κ2) is 4.63. The van der Waals surface area contributed by atoms with E-state index in [-0.39, 0.29) is 0 Å². The van der Waals surface area contributed by atoms with Gasteiger partial charge in [0.25, 0.3) is 0 Å². The lowest BCUT2D eigenvalue weighted by Gasteiger charge is -2.32. The molecule has 1 aliphatic heterocycles. The van der Waals surface area contributed by atoms with Crippen LogP contribution in [-0.4, -0.2) is 35.2 Å². The van der Waals surface area contributed by atoms with Gasteiger partial charge in [-0.3, -0.25) is 4.68 Å². The van der Waals surface area contributed by atoms with Crippen LogP contribution in [0, 0.1) is 0 Å². The third-order valence-corrected chi connectivity index (χ3v) is 4.74. The highest BCUT2D eigenvalue weighted by molar-refractivity contribution is 6.65. The third kappa shape index (κ3) is 2.00. The fraction of sp³-hybridized carbons (Fsp3) is 0.533. The summed E-state index contributed by atoms with van der Waals surface area (Å²) in [6.45, 7) is 8.13. The zero-order valence-electron chi connectivity index (χ0n) is 13.9. The molecule has 1 saturated heterocycles. The summed E-state index contributed by atoms with van der Waals surface area (Å²) in [5, 5.41) is 5.10. The molecule has 6 nitrogen and oxygen atoms in total. The van der Waals surface area contributed by atoms with Gasteiger partial charge in [0.15, 0.2) is 5.82 Å². The Balaban J connectivity index is 2.18. The zero-order chi connectivity index (χ0) is 16.3. The average Bonchev–Trinajstić information content (AvgIpc) is 2.83. The van der Waals surface area contributed by atoms with Gasteiger partial charge in [0, 0.05) is 12.5 Å². The van der Waals surface area contributed by atoms with Gasteiger partial charge in [0.2, 0.25) is 0 Å². The van der Waals surface area contributed by atoms with E-state index in [1.807, 2.05) is 46.9 Å². The van der Waals surface area contributed by atoms with Crippen LogP contribution in [0.1, 0.15) is 27.7 Å². The number of nitrogens with two attached hydrogens (primary N) is 1. The smallest absolute Gasteiger partial charge is 0.496 e. The van der Waals surface area contributed by atoms with E-state index >= 15 is 0 Å². The maximum Gasteiger partial charge on any atom is 0.497 e. The second-order valence-corrected chi connectivity index (χ2v) is 6.68. The van der Waals surface area contributed by atoms with Crippen LogP contribution in [0.25, 0.3) is 10.9 Å². The van der Waals surface area contributed by atoms with E-state index in [4.69, 9.17) is 19.8 Å². The van der Waals surface area contributed by atoms with Gasteiger partial charge < -0.3 is 19.8 Å². The first-order chi connectivity index (χ1) is 10.2. The number of aryl methyl sites for hydroxylation is 1. The van der Waals surface area contributed by atoms with Crippen LogP contribution in [0.3, 0.4) is 0 Å². The first-order valence-electron chi connectivity index (χ1n) is 7.32. The van der Waals surface area contributed by atoms with E-state index in [2.05, 4.69) is 5.10 Å². The SMILES string of the molecule is COc1ccc(B2OC(C)(C)C(C)(C)O2)c2c1c(N)nn2C. The van der Waals surface area contributed by atoms with Crippen LogP contribution in [-0.2, 0) is 16.4 Å². The third-order valence-electron chi connectivity index (χ3n) is 4.74. The van der Waals surface area contributed by atoms with Crippen molar-refractivity contribution in [1.29, 1.82) is 0 Å². The summed E-state index contributed by atoms with van der Waals surface area (Å²) in [5.74, 6) is 1.13. The second-order valence-electron chi connectivity index (χ2n) is 6.68. The molecule has 0 atom stereocenters. The van der Waals surface area contributed by atoms with Crippen LogP contribution in [0.4, 0.5) is 5.82 Å². The highest BCUT2D eigenvalue weighted by atomic mass is 16.7. The Hall–Kier alpha value is -1.73. The minimum absolute atomic E-state index is 0.395. The topological polar surface area (TPSA) is 71.5 Å². The van der Waals surface area contributed by atoms with E-state index in [1.165, 1.54) is 0 Å². The first kappa shape index (κ1) is 15.2. The zero-order valence-corrected chi connectivity index (χ0v) is 13.9. The van der Waals surface area contributed by atoms with Gasteiger partial charge in [-0.1, -0.05) is 6.07 Å². The molecule has 0 radical (unpaired) electrons. The minimum atomic E-state index is -0.465. The van der Waals surface area contributed by atoms with Gasteiger partial charge in [0.1, 0.15) is 5.75 Å². The Labute approximate surface area is 130 Å². The van der Waals surface area contributed by atoms with E-state index in [0.717, 1.165) is 16.4 Å². The summed E-state index contributed by atoms with van der Waals surface area (Å²) >= 11 is 0. The van der Waals surface area contributed by atoms with E-state index < -0.39 is 18.3 Å². The number of nitrogens with zero attached hydrogens (tertiary/aromatic N) is 2. The van der Waals surface area contributed by atoms with Crippen molar-refractivity contribution in [2.75, 3.05) is 12.8 Å². The van der Waals surface area contributed by atoms with Crippen molar-refractivity contribution >= 4 is 29.3 Å². The van der Waals surface area contributed by atoms with Gasteiger partial charge in [-0.05, 0) is 33.8 Å². The number of methoxy groups -OCH3 is 1. The molecular formula is C15H22BN3O3. The van der Waals surface area contributed by atoms with Crippen LogP contribution in [0.2, 0.25) is 0 Å². The van der Waals surface area contributed by atoms with Crippen molar-refractivity contribution in [3.63, 3.8) is 0 Å². The molecule has 0 spiro atoms. The quantitative estimate of drug-likeness (QED) is 0.851. The molecule has 0 saturated carbocycles. The van der Waals surface area contributed by atoms with Crippen molar-refractivity contribution in [2.24, 2.45) is 7.05 Å². The number of benzene rings is 1. The van der Waals surface area contributed by atoms with E-state index in [1.54, 1.807) is 11.8 Å². The predicted molar refractivity (Wildman–Crippen MR) is 87.4 cm³/mol. The van der Waals surface area contributed by atoms with Crippen molar-refractivity contribution in [1.82, 2.24) is 9.78 Å². The Bertz CT molecular complexity index is 723. The lowest BCUT2D eigenvalue weighted by molar-refractivity contribution is 0.00578. The first-order valence-corrected chi connectivity index (χ1v) is 7.32. The maximum absolute atomic E-state index is 6.15. The van der Waals surface area contributed by atoms with Gasteiger partial charge >= 0.3 is 7.12 Å². The Kier molecular flexibility index (Phi) is 3.20. The molecule has 1 aromatic heterocycles. The molecule has 2 N–H and O–H groups in total. The fourth-order valence-electron chi connectivity index (χ4n) is 2.78. The summed E-state index contributed by atoms with van der Waals surface area (Å²) in [4.78, 5) is 0. The van der Waals surface area contributed by atoms with Crippen molar-refractivity contribution in [3.8, 4) is 5.75 Å². The lowest BCUT2D eigenvalue weighted by Crippen LogP contribution is -2.41. The number of hydrogen-bond donors (Lipinski definition) is 1. The van der Waals surface area contributed by atoms with Crippen LogP contribution in [0.15, 0.2) is 12.1 Å². The fourth-order valence-corrected chi connectivity index (χ4v) is 2.78. The van der Waals surface area contributed by atoms with E-state index in [0.29, 0.717) is 11.6 Å². The molecule has 7 heteroatoms. The minimum Gasteiger partial charge on any atom is -0.496 e. The number of aromatic nitrogens is 2. The molecule has 3 rings (SSSR count). The number of ether oxygens (including phenoxy) is 1. The van der Waals surface area contributed by atoms with Gasteiger partial charge in [-0.15, -0.1) is 0 Å². The number of hydrogen-bond acceptors (Lipinski definition) is 5. The van der Waals surface area contributed by atoms with Gasteiger partial charge in [-0.2, -0.15) is 5.10 Å². The Morgan fingerprint density at radius 2 is 1.77 bits per heavy atom. The molecule has 1 aromatic carbocycles. The summed E-state index contributed by atoms with van der Waals surface area (Å²) in [5.41, 5.74) is 7.02. The number of rotatable bonds is 2. The summed E-state index contributed by atoms with van der Waals surface area (Å²) in [7, 11) is 3.01. The number of nitrogen functional groups attached to an aromatic ring is 1. The normalized spacial score (nSPS) is 19.8. The monoisotopic (exact) mass is 303 g/mol. The highest BCUT2D eigenvalue weighted by Crippen LogP contribution is 2.38. The largest absolute Gasteiger partial charge is 0.497 e. The van der Waals surface area contributed by atoms with Crippen molar-refractivity contribution in [2.45, 2.75) is 38.9 Å². The lowest BCUT2D eigenvalue weighted by atomic mass is 9.77. The molecule has 0 unspecified atom stereocenters. The molecule has 1 aliphatic rings. The molecule has 22 heavy (non-hydrogen) atoms. The molecule has 0 aliphatic carbocycles. The molecule has 1 fully saturated rings. The summed E-state index contributed by atoms with van der Waals surface area (Å²) in [6.07, 6.45) is 0. The standard InChI is InChI=1S/C15H22BN3O3/c1-14(2)15(3,4)22-16(21-14)9-7-8-10(20-6)11-12(9)19(5)18-13(11)17/h7-8H,1-6H3,(H2,17,18). The average molecular weight is 303 g/mol. The Morgan fingerprint density at radius 3 is 2.32 bits per heavy atom. The molecule has 118 valence electrons. The van der Waals surface area contributed by atoms with Gasteiger partial charge in [-0.25, -0.2) is 0 Å². The number of anilines is 1. The predicted octanol–water partition coefficient (Wildman–Crippen LogP) is 1.46. The Morgan fingerprint density at radius 1 is 1.18 bits per heavy atom. The summed E-state index contributed by atoms with van der Waals surface area (Å²) in [6, 6.07) is 3.82.